The molecule has 1 aliphatic rings. The second-order valence-electron chi connectivity index (χ2n) is 5.50. The normalized spacial score (nSPS) is 19.3. The van der Waals surface area contributed by atoms with Crippen molar-refractivity contribution >= 4 is 22.4 Å². The van der Waals surface area contributed by atoms with Crippen molar-refractivity contribution in [3.63, 3.8) is 0 Å². The minimum Gasteiger partial charge on any atom is -0.342 e. The Balaban J connectivity index is 1.75. The third-order valence-electron chi connectivity index (χ3n) is 3.70. The summed E-state index contributed by atoms with van der Waals surface area (Å²) in [5.41, 5.74) is 0.0639. The van der Waals surface area contributed by atoms with Crippen LogP contribution >= 0.6 is 11.3 Å². The maximum Gasteiger partial charge on any atom is 0.433 e. The minimum absolute atomic E-state index is 0.118. The Hall–Kier alpha value is -1.90. The molecule has 0 unspecified atom stereocenters. The van der Waals surface area contributed by atoms with E-state index >= 15 is 0 Å². The van der Waals surface area contributed by atoms with Gasteiger partial charge in [0.15, 0.2) is 5.13 Å². The van der Waals surface area contributed by atoms with Gasteiger partial charge in [0.05, 0.1) is 5.69 Å². The van der Waals surface area contributed by atoms with Crippen LogP contribution in [0.5, 0.6) is 0 Å². The zero-order valence-corrected chi connectivity index (χ0v) is 13.5. The van der Waals surface area contributed by atoms with E-state index in [9.17, 15) is 13.2 Å². The second kappa shape index (κ2) is 5.95. The number of aromatic nitrogens is 3. The highest BCUT2D eigenvalue weighted by Crippen LogP contribution is 2.29. The molecule has 23 heavy (non-hydrogen) atoms. The third-order valence-corrected chi connectivity index (χ3v) is 4.69. The number of nitrogens with zero attached hydrogens (tertiary/aromatic N) is 5. The number of piperazine rings is 1. The van der Waals surface area contributed by atoms with E-state index in [2.05, 4.69) is 19.9 Å². The molecule has 0 spiro atoms. The lowest BCUT2D eigenvalue weighted by Crippen LogP contribution is -2.52. The molecule has 2 aromatic heterocycles. The van der Waals surface area contributed by atoms with Crippen LogP contribution in [-0.2, 0) is 6.18 Å². The molecule has 2 aromatic rings. The summed E-state index contributed by atoms with van der Waals surface area (Å²) in [6, 6.07) is 1.01. The van der Waals surface area contributed by atoms with E-state index in [1.165, 1.54) is 0 Å². The first-order valence-corrected chi connectivity index (χ1v) is 8.06. The van der Waals surface area contributed by atoms with Gasteiger partial charge in [0.1, 0.15) is 5.69 Å². The number of hydrogen-bond acceptors (Lipinski definition) is 6. The van der Waals surface area contributed by atoms with Crippen molar-refractivity contribution in [1.82, 2.24) is 15.0 Å². The fourth-order valence-corrected chi connectivity index (χ4v) is 3.49. The number of aryl methyl sites for hydroxylation is 1. The molecule has 1 atom stereocenters. The van der Waals surface area contributed by atoms with Gasteiger partial charge in [0.25, 0.3) is 0 Å². The van der Waals surface area contributed by atoms with Crippen molar-refractivity contribution in [3.05, 3.63) is 29.0 Å². The quantitative estimate of drug-likeness (QED) is 0.839. The maximum atomic E-state index is 12.8. The van der Waals surface area contributed by atoms with Gasteiger partial charge in [0, 0.05) is 37.3 Å². The van der Waals surface area contributed by atoms with E-state index in [4.69, 9.17) is 0 Å². The second-order valence-corrected chi connectivity index (χ2v) is 6.34. The zero-order valence-electron chi connectivity index (χ0n) is 12.7. The molecule has 0 bridgehead atoms. The highest BCUT2D eigenvalue weighted by atomic mass is 32.1. The summed E-state index contributed by atoms with van der Waals surface area (Å²) in [4.78, 5) is 16.1. The molecule has 5 nitrogen and oxygen atoms in total. The summed E-state index contributed by atoms with van der Waals surface area (Å²) < 4.78 is 38.3. The molecule has 0 aliphatic carbocycles. The van der Waals surface area contributed by atoms with Crippen molar-refractivity contribution in [1.29, 1.82) is 0 Å². The zero-order chi connectivity index (χ0) is 16.6. The molecule has 9 heteroatoms. The van der Waals surface area contributed by atoms with E-state index in [0.29, 0.717) is 19.6 Å². The standard InChI is InChI=1S/C14H16F3N5S/c1-9-8-23-13(19-9)22-6-5-21(7-10(22)2)12-18-4-3-11(20-12)14(15,16)17/h3-4,8,10H,5-7H2,1-2H3/t10-/m0/s1. The van der Waals surface area contributed by atoms with Gasteiger partial charge in [-0.05, 0) is 19.9 Å². The number of rotatable bonds is 2. The first-order chi connectivity index (χ1) is 10.8. The number of halogens is 3. The molecule has 1 saturated heterocycles. The molecule has 124 valence electrons. The van der Waals surface area contributed by atoms with Crippen molar-refractivity contribution in [3.8, 4) is 0 Å². The molecule has 3 heterocycles. The summed E-state index contributed by atoms with van der Waals surface area (Å²) in [7, 11) is 0. The maximum absolute atomic E-state index is 12.8. The van der Waals surface area contributed by atoms with E-state index in [0.717, 1.165) is 23.1 Å². The molecule has 1 aliphatic heterocycles. The molecule has 1 fully saturated rings. The molecular weight excluding hydrogens is 327 g/mol. The smallest absolute Gasteiger partial charge is 0.342 e. The molecule has 0 aromatic carbocycles. The highest BCUT2D eigenvalue weighted by Gasteiger charge is 2.34. The van der Waals surface area contributed by atoms with Crippen LogP contribution in [0.2, 0.25) is 0 Å². The van der Waals surface area contributed by atoms with Gasteiger partial charge >= 0.3 is 6.18 Å². The van der Waals surface area contributed by atoms with Crippen LogP contribution in [0, 0.1) is 6.92 Å². The van der Waals surface area contributed by atoms with Crippen molar-refractivity contribution in [2.45, 2.75) is 26.1 Å². The van der Waals surface area contributed by atoms with Gasteiger partial charge in [-0.25, -0.2) is 15.0 Å². The topological polar surface area (TPSA) is 45.2 Å². The van der Waals surface area contributed by atoms with Crippen molar-refractivity contribution < 1.29 is 13.2 Å². The Kier molecular flexibility index (Phi) is 4.13. The predicted octanol–water partition coefficient (Wildman–Crippen LogP) is 2.98. The lowest BCUT2D eigenvalue weighted by molar-refractivity contribution is -0.141. The molecule has 0 saturated carbocycles. The number of alkyl halides is 3. The van der Waals surface area contributed by atoms with Crippen LogP contribution < -0.4 is 9.80 Å². The largest absolute Gasteiger partial charge is 0.433 e. The van der Waals surface area contributed by atoms with Crippen LogP contribution in [0.1, 0.15) is 18.3 Å². The first-order valence-electron chi connectivity index (χ1n) is 7.18. The van der Waals surface area contributed by atoms with Gasteiger partial charge in [-0.3, -0.25) is 0 Å². The number of hydrogen-bond donors (Lipinski definition) is 0. The van der Waals surface area contributed by atoms with Gasteiger partial charge in [-0.15, -0.1) is 11.3 Å². The monoisotopic (exact) mass is 343 g/mol. The van der Waals surface area contributed by atoms with Crippen LogP contribution in [0.4, 0.5) is 24.3 Å². The van der Waals surface area contributed by atoms with E-state index in [1.807, 2.05) is 19.2 Å². The van der Waals surface area contributed by atoms with E-state index in [1.54, 1.807) is 16.2 Å². The molecular formula is C14H16F3N5S. The molecule has 3 rings (SSSR count). The van der Waals surface area contributed by atoms with Crippen LogP contribution in [0.3, 0.4) is 0 Å². The molecule has 0 N–H and O–H groups in total. The fourth-order valence-electron chi connectivity index (χ4n) is 2.56. The van der Waals surface area contributed by atoms with Gasteiger partial charge in [-0.2, -0.15) is 13.2 Å². The van der Waals surface area contributed by atoms with Gasteiger partial charge < -0.3 is 9.80 Å². The summed E-state index contributed by atoms with van der Waals surface area (Å²) in [5, 5.41) is 2.93. The lowest BCUT2D eigenvalue weighted by Gasteiger charge is -2.39. The lowest BCUT2D eigenvalue weighted by atomic mass is 10.2. The fraction of sp³-hybridized carbons (Fsp3) is 0.500. The SMILES string of the molecule is Cc1csc(N2CCN(c3nccc(C(F)(F)F)n3)C[C@@H]2C)n1. The highest BCUT2D eigenvalue weighted by molar-refractivity contribution is 7.13. The van der Waals surface area contributed by atoms with Crippen molar-refractivity contribution in [2.24, 2.45) is 0 Å². The Morgan fingerprint density at radius 1 is 1.26 bits per heavy atom. The molecule has 0 radical (unpaired) electrons. The Bertz CT molecular complexity index is 687. The average Bonchev–Trinajstić information content (AvgIpc) is 2.93. The number of thiazole rings is 1. The van der Waals surface area contributed by atoms with Crippen LogP contribution in [0.15, 0.2) is 17.6 Å². The van der Waals surface area contributed by atoms with Gasteiger partial charge in [0.2, 0.25) is 5.95 Å². The summed E-state index contributed by atoms with van der Waals surface area (Å²) in [6.07, 6.45) is -3.30. The Morgan fingerprint density at radius 3 is 2.65 bits per heavy atom. The van der Waals surface area contributed by atoms with Crippen LogP contribution in [-0.4, -0.2) is 40.6 Å². The van der Waals surface area contributed by atoms with Gasteiger partial charge in [-0.1, -0.05) is 0 Å². The predicted molar refractivity (Wildman–Crippen MR) is 82.9 cm³/mol. The third kappa shape index (κ3) is 3.39. The van der Waals surface area contributed by atoms with E-state index < -0.39 is 11.9 Å². The van der Waals surface area contributed by atoms with Crippen molar-refractivity contribution in [2.75, 3.05) is 29.4 Å². The Labute approximate surface area is 135 Å². The summed E-state index contributed by atoms with van der Waals surface area (Å²) >= 11 is 1.58. The van der Waals surface area contributed by atoms with E-state index in [-0.39, 0.29) is 12.0 Å². The summed E-state index contributed by atoms with van der Waals surface area (Å²) in [6.45, 7) is 5.76. The minimum atomic E-state index is -4.45. The van der Waals surface area contributed by atoms with Crippen LogP contribution in [0.25, 0.3) is 0 Å². The Morgan fingerprint density at radius 2 is 2.04 bits per heavy atom. The first kappa shape index (κ1) is 16.0. The molecule has 0 amide bonds. The number of anilines is 2. The average molecular weight is 343 g/mol. The summed E-state index contributed by atoms with van der Waals surface area (Å²) in [5.74, 6) is 0.127.